The molecule has 2 heteroatoms. The number of unbranched alkanes of at least 4 members (excludes halogenated alkanes) is 3. The van der Waals surface area contributed by atoms with E-state index in [1.807, 2.05) is 0 Å². The zero-order valence-electron chi connectivity index (χ0n) is 8.22. The van der Waals surface area contributed by atoms with Crippen molar-refractivity contribution in [3.05, 3.63) is 0 Å². The number of carbonyl (C=O) groups excluding carboxylic acids is 1. The number of terminal acetylenes is 1. The lowest BCUT2D eigenvalue weighted by Crippen LogP contribution is -2.00. The Kier molecular flexibility index (Phi) is 8.70. The Labute approximate surface area is 80.9 Å². The molecule has 0 bridgehead atoms. The molecule has 0 aliphatic heterocycles. The molecule has 0 heterocycles. The Morgan fingerprint density at radius 1 is 1.15 bits per heavy atom. The molecule has 0 aromatic rings. The molecule has 74 valence electrons. The van der Waals surface area contributed by atoms with E-state index in [4.69, 9.17) is 12.2 Å². The van der Waals surface area contributed by atoms with E-state index >= 15 is 0 Å². The maximum absolute atomic E-state index is 11.2. The summed E-state index contributed by atoms with van der Waals surface area (Å²) in [4.78, 5) is 11.2. The maximum atomic E-state index is 11.2. The maximum Gasteiger partial charge on any atom is 0.132 e. The third kappa shape index (κ3) is 9.10. The molecule has 0 aliphatic carbocycles. The Hall–Kier alpha value is -0.810. The first kappa shape index (κ1) is 12.2. The van der Waals surface area contributed by atoms with Gasteiger partial charge >= 0.3 is 0 Å². The van der Waals surface area contributed by atoms with Gasteiger partial charge in [-0.1, -0.05) is 6.42 Å². The fourth-order valence-electron chi connectivity index (χ4n) is 1.16. The summed E-state index contributed by atoms with van der Waals surface area (Å²) in [7, 11) is 0. The van der Waals surface area contributed by atoms with E-state index in [-0.39, 0.29) is 0 Å². The second kappa shape index (κ2) is 9.28. The van der Waals surface area contributed by atoms with Gasteiger partial charge in [-0.15, -0.1) is 12.3 Å². The lowest BCUT2D eigenvalue weighted by Gasteiger charge is -1.98. The molecular formula is C11H19NO. The summed E-state index contributed by atoms with van der Waals surface area (Å²) < 4.78 is 0. The molecule has 2 nitrogen and oxygen atoms in total. The normalized spacial score (nSPS) is 9.54. The highest BCUT2D eigenvalue weighted by Crippen LogP contribution is 2.04. The first-order valence-electron chi connectivity index (χ1n) is 4.96. The molecular weight excluding hydrogens is 162 g/mol. The highest BCUT2D eigenvalue weighted by atomic mass is 16.1. The third-order valence-electron chi connectivity index (χ3n) is 1.94. The predicted octanol–water partition coefficient (Wildman–Crippen LogP) is 1.88. The fourth-order valence-corrected chi connectivity index (χ4v) is 1.16. The molecule has 0 saturated carbocycles. The van der Waals surface area contributed by atoms with Crippen LogP contribution in [0.4, 0.5) is 0 Å². The summed E-state index contributed by atoms with van der Waals surface area (Å²) in [6.07, 6.45) is 11.1. The third-order valence-corrected chi connectivity index (χ3v) is 1.94. The number of hydrogen-bond donors (Lipinski definition) is 1. The van der Waals surface area contributed by atoms with Gasteiger partial charge in [0, 0.05) is 19.3 Å². The van der Waals surface area contributed by atoms with Crippen molar-refractivity contribution < 1.29 is 4.79 Å². The van der Waals surface area contributed by atoms with E-state index in [9.17, 15) is 4.79 Å². The second-order valence-electron chi connectivity index (χ2n) is 3.20. The zero-order chi connectivity index (χ0) is 9.94. The number of nitrogens with two attached hydrogens (primary N) is 1. The lowest BCUT2D eigenvalue weighted by molar-refractivity contribution is -0.119. The molecule has 0 amide bonds. The van der Waals surface area contributed by atoms with Crippen molar-refractivity contribution in [3.8, 4) is 12.3 Å². The molecule has 0 radical (unpaired) electrons. The summed E-state index contributed by atoms with van der Waals surface area (Å²) in [5.74, 6) is 2.87. The van der Waals surface area contributed by atoms with Crippen LogP contribution in [0, 0.1) is 12.3 Å². The van der Waals surface area contributed by atoms with Crippen molar-refractivity contribution in [1.82, 2.24) is 0 Å². The summed E-state index contributed by atoms with van der Waals surface area (Å²) in [5, 5.41) is 0. The van der Waals surface area contributed by atoms with E-state index in [1.54, 1.807) is 0 Å². The van der Waals surface area contributed by atoms with Gasteiger partial charge in [0.2, 0.25) is 0 Å². The number of Topliss-reactive ketones (excluding diaryl/α,β-unsaturated/α-hetero) is 1. The molecule has 13 heavy (non-hydrogen) atoms. The molecule has 0 rings (SSSR count). The minimum atomic E-state index is 0.340. The molecule has 2 N–H and O–H groups in total. The average Bonchev–Trinajstić information content (AvgIpc) is 2.13. The van der Waals surface area contributed by atoms with Gasteiger partial charge in [-0.25, -0.2) is 0 Å². The second-order valence-corrected chi connectivity index (χ2v) is 3.20. The lowest BCUT2D eigenvalue weighted by atomic mass is 10.1. The van der Waals surface area contributed by atoms with Crippen molar-refractivity contribution in [3.63, 3.8) is 0 Å². The van der Waals surface area contributed by atoms with Gasteiger partial charge in [0.15, 0.2) is 0 Å². The van der Waals surface area contributed by atoms with Gasteiger partial charge in [0.05, 0.1) is 0 Å². The van der Waals surface area contributed by atoms with Crippen LogP contribution in [0.3, 0.4) is 0 Å². The fraction of sp³-hybridized carbons (Fsp3) is 0.727. The van der Waals surface area contributed by atoms with Gasteiger partial charge in [0.1, 0.15) is 5.78 Å². The summed E-state index contributed by atoms with van der Waals surface area (Å²) in [5.41, 5.74) is 5.34. The zero-order valence-corrected chi connectivity index (χ0v) is 8.22. The predicted molar refractivity (Wildman–Crippen MR) is 55.2 cm³/mol. The van der Waals surface area contributed by atoms with E-state index in [0.717, 1.165) is 32.2 Å². The van der Waals surface area contributed by atoms with Gasteiger partial charge in [-0.05, 0) is 25.8 Å². The highest BCUT2D eigenvalue weighted by molar-refractivity contribution is 5.78. The molecule has 0 unspecified atom stereocenters. The van der Waals surface area contributed by atoms with Crippen LogP contribution in [0.5, 0.6) is 0 Å². The van der Waals surface area contributed by atoms with E-state index < -0.39 is 0 Å². The number of hydrogen-bond acceptors (Lipinski definition) is 2. The first-order chi connectivity index (χ1) is 6.31. The summed E-state index contributed by atoms with van der Waals surface area (Å²) in [6, 6.07) is 0. The van der Waals surface area contributed by atoms with Crippen molar-refractivity contribution in [2.75, 3.05) is 6.54 Å². The molecule has 0 aromatic heterocycles. The van der Waals surface area contributed by atoms with Gasteiger partial charge in [-0.2, -0.15) is 0 Å². The standard InChI is InChI=1S/C11H19NO/c1-2-3-5-8-11(13)9-6-4-7-10-12/h1H,3-10,12H2. The molecule has 0 aliphatic rings. The smallest absolute Gasteiger partial charge is 0.132 e. The van der Waals surface area contributed by atoms with Crippen molar-refractivity contribution in [1.29, 1.82) is 0 Å². The van der Waals surface area contributed by atoms with Gasteiger partial charge < -0.3 is 5.73 Å². The van der Waals surface area contributed by atoms with Gasteiger partial charge in [-0.3, -0.25) is 4.79 Å². The highest BCUT2D eigenvalue weighted by Gasteiger charge is 2.00. The first-order valence-corrected chi connectivity index (χ1v) is 4.96. The van der Waals surface area contributed by atoms with Crippen molar-refractivity contribution in [2.45, 2.75) is 44.9 Å². The van der Waals surface area contributed by atoms with E-state index in [1.165, 1.54) is 0 Å². The van der Waals surface area contributed by atoms with Crippen molar-refractivity contribution >= 4 is 5.78 Å². The van der Waals surface area contributed by atoms with Crippen LogP contribution in [0.15, 0.2) is 0 Å². The monoisotopic (exact) mass is 181 g/mol. The summed E-state index contributed by atoms with van der Waals surface area (Å²) >= 11 is 0. The van der Waals surface area contributed by atoms with Crippen molar-refractivity contribution in [2.24, 2.45) is 5.73 Å². The Morgan fingerprint density at radius 2 is 1.85 bits per heavy atom. The Balaban J connectivity index is 3.16. The number of rotatable bonds is 8. The van der Waals surface area contributed by atoms with Crippen LogP contribution in [0.1, 0.15) is 44.9 Å². The number of ketones is 1. The largest absolute Gasteiger partial charge is 0.330 e. The Bertz CT molecular complexity index is 169. The Morgan fingerprint density at radius 3 is 2.46 bits per heavy atom. The SMILES string of the molecule is C#CCCCC(=O)CCCCCN. The minimum Gasteiger partial charge on any atom is -0.330 e. The minimum absolute atomic E-state index is 0.340. The quantitative estimate of drug-likeness (QED) is 0.459. The average molecular weight is 181 g/mol. The van der Waals surface area contributed by atoms with E-state index in [0.29, 0.717) is 25.0 Å². The molecule has 0 atom stereocenters. The van der Waals surface area contributed by atoms with Crippen LogP contribution in [0.25, 0.3) is 0 Å². The molecule has 0 aromatic carbocycles. The molecule has 0 fully saturated rings. The topological polar surface area (TPSA) is 43.1 Å². The van der Waals surface area contributed by atoms with Crippen LogP contribution in [0.2, 0.25) is 0 Å². The van der Waals surface area contributed by atoms with Gasteiger partial charge in [0.25, 0.3) is 0 Å². The molecule has 0 spiro atoms. The molecule has 0 saturated heterocycles. The van der Waals surface area contributed by atoms with Crippen LogP contribution < -0.4 is 5.73 Å². The van der Waals surface area contributed by atoms with Crippen LogP contribution in [-0.2, 0) is 4.79 Å². The van der Waals surface area contributed by atoms with Crippen LogP contribution >= 0.6 is 0 Å². The van der Waals surface area contributed by atoms with Crippen LogP contribution in [-0.4, -0.2) is 12.3 Å². The summed E-state index contributed by atoms with van der Waals surface area (Å²) in [6.45, 7) is 0.727. The van der Waals surface area contributed by atoms with E-state index in [2.05, 4.69) is 5.92 Å². The number of carbonyl (C=O) groups is 1.